The van der Waals surface area contributed by atoms with Gasteiger partial charge in [-0.3, -0.25) is 0 Å². The van der Waals surface area contributed by atoms with E-state index in [-0.39, 0.29) is 0 Å². The van der Waals surface area contributed by atoms with Crippen LogP contribution in [0.1, 0.15) is 0 Å². The topological polar surface area (TPSA) is 25.8 Å². The van der Waals surface area contributed by atoms with Crippen molar-refractivity contribution in [1.29, 1.82) is 0 Å². The molecule has 0 amide bonds. The summed E-state index contributed by atoms with van der Waals surface area (Å²) in [5, 5.41) is 5.05. The molecule has 2 aromatic heterocycles. The number of thiazole rings is 2. The fraction of sp³-hybridized carbons (Fsp3) is 0. The zero-order valence-electron chi connectivity index (χ0n) is 8.63. The summed E-state index contributed by atoms with van der Waals surface area (Å²) >= 11 is 6.75. The number of benzene rings is 1. The van der Waals surface area contributed by atoms with E-state index in [0.29, 0.717) is 0 Å². The molecule has 0 aliphatic carbocycles. The molecule has 2 heterocycles. The minimum absolute atomic E-state index is 0.957. The first-order valence-electron chi connectivity index (χ1n) is 4.93. The summed E-state index contributed by atoms with van der Waals surface area (Å²) < 4.78 is 1.06. The van der Waals surface area contributed by atoms with Crippen LogP contribution in [-0.2, 0) is 0 Å². The van der Waals surface area contributed by atoms with Gasteiger partial charge in [-0.05, 0) is 6.07 Å². The van der Waals surface area contributed by atoms with Crippen molar-refractivity contribution in [1.82, 2.24) is 9.97 Å². The third-order valence-corrected chi connectivity index (χ3v) is 4.45. The van der Waals surface area contributed by atoms with Gasteiger partial charge in [0.05, 0.1) is 11.2 Å². The Hall–Kier alpha value is -1.04. The molecule has 3 rings (SSSR count). The molecule has 0 atom stereocenters. The summed E-state index contributed by atoms with van der Waals surface area (Å²) in [6.07, 6.45) is 0. The predicted molar refractivity (Wildman–Crippen MR) is 76.4 cm³/mol. The Bertz CT molecular complexity index is 632. The fourth-order valence-electron chi connectivity index (χ4n) is 1.50. The first kappa shape index (κ1) is 11.1. The molecular formula is C12H7BrN2S2. The van der Waals surface area contributed by atoms with E-state index in [1.165, 1.54) is 0 Å². The number of hydrogen-bond donors (Lipinski definition) is 0. The standard InChI is InChI=1S/C12H7BrN2S2/c13-9-4-2-1-3-8(9)10-6-17-12(15-10)11-5-16-7-14-11/h1-7H. The highest BCUT2D eigenvalue weighted by Gasteiger charge is 2.09. The average Bonchev–Trinajstić information content (AvgIpc) is 3.00. The van der Waals surface area contributed by atoms with Crippen LogP contribution >= 0.6 is 38.6 Å². The molecule has 17 heavy (non-hydrogen) atoms. The van der Waals surface area contributed by atoms with E-state index < -0.39 is 0 Å². The highest BCUT2D eigenvalue weighted by molar-refractivity contribution is 9.10. The Morgan fingerprint density at radius 1 is 1.06 bits per heavy atom. The molecule has 0 fully saturated rings. The Kier molecular flexibility index (Phi) is 3.05. The maximum absolute atomic E-state index is 4.62. The van der Waals surface area contributed by atoms with Gasteiger partial charge in [-0.25, -0.2) is 9.97 Å². The molecular weight excluding hydrogens is 316 g/mol. The lowest BCUT2D eigenvalue weighted by molar-refractivity contribution is 1.34. The summed E-state index contributed by atoms with van der Waals surface area (Å²) in [7, 11) is 0. The van der Waals surface area contributed by atoms with Gasteiger partial charge in [0.15, 0.2) is 0 Å². The Labute approximate surface area is 115 Å². The van der Waals surface area contributed by atoms with E-state index in [0.717, 1.165) is 26.4 Å². The smallest absolute Gasteiger partial charge is 0.143 e. The van der Waals surface area contributed by atoms with Gasteiger partial charge in [-0.15, -0.1) is 22.7 Å². The van der Waals surface area contributed by atoms with Gasteiger partial charge in [0.1, 0.15) is 10.7 Å². The molecule has 0 aliphatic heterocycles. The number of aromatic nitrogens is 2. The van der Waals surface area contributed by atoms with E-state index in [2.05, 4.69) is 37.3 Å². The largest absolute Gasteiger partial charge is 0.242 e. The Balaban J connectivity index is 2.04. The van der Waals surface area contributed by atoms with Gasteiger partial charge in [0, 0.05) is 20.8 Å². The summed E-state index contributed by atoms with van der Waals surface area (Å²) in [6, 6.07) is 8.10. The number of nitrogens with zero attached hydrogens (tertiary/aromatic N) is 2. The van der Waals surface area contributed by atoms with Crippen LogP contribution in [0.15, 0.2) is 45.0 Å². The highest BCUT2D eigenvalue weighted by atomic mass is 79.9. The van der Waals surface area contributed by atoms with E-state index >= 15 is 0 Å². The Morgan fingerprint density at radius 3 is 2.71 bits per heavy atom. The van der Waals surface area contributed by atoms with Crippen LogP contribution in [0.4, 0.5) is 0 Å². The number of hydrogen-bond acceptors (Lipinski definition) is 4. The van der Waals surface area contributed by atoms with Crippen LogP contribution in [0.25, 0.3) is 22.0 Å². The number of halogens is 1. The van der Waals surface area contributed by atoms with Crippen molar-refractivity contribution in [2.45, 2.75) is 0 Å². The van der Waals surface area contributed by atoms with Crippen molar-refractivity contribution < 1.29 is 0 Å². The predicted octanol–water partition coefficient (Wildman–Crippen LogP) is 4.70. The van der Waals surface area contributed by atoms with Crippen LogP contribution in [0, 0.1) is 0 Å². The van der Waals surface area contributed by atoms with Gasteiger partial charge < -0.3 is 0 Å². The highest BCUT2D eigenvalue weighted by Crippen LogP contribution is 2.32. The monoisotopic (exact) mass is 322 g/mol. The molecule has 2 nitrogen and oxygen atoms in total. The molecule has 0 N–H and O–H groups in total. The minimum Gasteiger partial charge on any atom is -0.242 e. The molecule has 0 saturated carbocycles. The quantitative estimate of drug-likeness (QED) is 0.683. The van der Waals surface area contributed by atoms with E-state index in [4.69, 9.17) is 0 Å². The molecule has 0 unspecified atom stereocenters. The van der Waals surface area contributed by atoms with Gasteiger partial charge in [-0.2, -0.15) is 0 Å². The zero-order chi connectivity index (χ0) is 11.7. The molecule has 5 heteroatoms. The van der Waals surface area contributed by atoms with Gasteiger partial charge in [-0.1, -0.05) is 34.1 Å². The second-order valence-corrected chi connectivity index (χ2v) is 5.82. The second kappa shape index (κ2) is 4.68. The van der Waals surface area contributed by atoms with E-state index in [1.54, 1.807) is 22.7 Å². The van der Waals surface area contributed by atoms with Gasteiger partial charge in [0.2, 0.25) is 0 Å². The second-order valence-electron chi connectivity index (χ2n) is 3.39. The fourth-order valence-corrected chi connectivity index (χ4v) is 3.39. The lowest BCUT2D eigenvalue weighted by Crippen LogP contribution is -1.80. The van der Waals surface area contributed by atoms with E-state index in [9.17, 15) is 0 Å². The number of rotatable bonds is 2. The summed E-state index contributed by atoms with van der Waals surface area (Å²) in [4.78, 5) is 8.89. The van der Waals surface area contributed by atoms with Gasteiger partial charge >= 0.3 is 0 Å². The molecule has 3 aromatic rings. The van der Waals surface area contributed by atoms with Crippen LogP contribution in [0.3, 0.4) is 0 Å². The van der Waals surface area contributed by atoms with Gasteiger partial charge in [0.25, 0.3) is 0 Å². The molecule has 0 aliphatic rings. The average molecular weight is 323 g/mol. The normalized spacial score (nSPS) is 10.6. The molecule has 84 valence electrons. The van der Waals surface area contributed by atoms with E-state index in [1.807, 2.05) is 29.1 Å². The minimum atomic E-state index is 0.957. The van der Waals surface area contributed by atoms with Crippen LogP contribution in [0.2, 0.25) is 0 Å². The molecule has 0 radical (unpaired) electrons. The molecule has 1 aromatic carbocycles. The first-order valence-corrected chi connectivity index (χ1v) is 7.55. The van der Waals surface area contributed by atoms with Crippen molar-refractivity contribution >= 4 is 38.6 Å². The molecule has 0 bridgehead atoms. The van der Waals surface area contributed by atoms with Crippen molar-refractivity contribution in [3.63, 3.8) is 0 Å². The lowest BCUT2D eigenvalue weighted by atomic mass is 10.2. The summed E-state index contributed by atoms with van der Waals surface area (Å²) in [6.45, 7) is 0. The van der Waals surface area contributed by atoms with Crippen molar-refractivity contribution in [3.8, 4) is 22.0 Å². The van der Waals surface area contributed by atoms with Crippen LogP contribution < -0.4 is 0 Å². The molecule has 0 saturated heterocycles. The van der Waals surface area contributed by atoms with Crippen LogP contribution in [0.5, 0.6) is 0 Å². The van der Waals surface area contributed by atoms with Crippen LogP contribution in [-0.4, -0.2) is 9.97 Å². The van der Waals surface area contributed by atoms with Crippen molar-refractivity contribution in [2.75, 3.05) is 0 Å². The summed E-state index contributed by atoms with van der Waals surface area (Å²) in [5.74, 6) is 0. The van der Waals surface area contributed by atoms with Crippen molar-refractivity contribution in [2.24, 2.45) is 0 Å². The van der Waals surface area contributed by atoms with Crippen molar-refractivity contribution in [3.05, 3.63) is 45.0 Å². The summed E-state index contributed by atoms with van der Waals surface area (Å²) in [5.41, 5.74) is 4.89. The first-order chi connectivity index (χ1) is 8.34. The lowest BCUT2D eigenvalue weighted by Gasteiger charge is -1.98. The zero-order valence-corrected chi connectivity index (χ0v) is 11.8. The third-order valence-electron chi connectivity index (χ3n) is 2.31. The third kappa shape index (κ3) is 2.18. The SMILES string of the molecule is Brc1ccccc1-c1csc(-c2cscn2)n1. The Morgan fingerprint density at radius 2 is 1.94 bits per heavy atom. The molecule has 0 spiro atoms. The maximum Gasteiger partial charge on any atom is 0.143 e. The maximum atomic E-state index is 4.62.